The van der Waals surface area contributed by atoms with Gasteiger partial charge in [-0.3, -0.25) is 0 Å². The fraction of sp³-hybridized carbons (Fsp3) is 0.158. The van der Waals surface area contributed by atoms with Crippen molar-refractivity contribution in [1.82, 2.24) is 25.0 Å². The van der Waals surface area contributed by atoms with Crippen LogP contribution < -0.4 is 0 Å². The van der Waals surface area contributed by atoms with Gasteiger partial charge in [0, 0.05) is 0 Å². The van der Waals surface area contributed by atoms with E-state index in [9.17, 15) is 0 Å². The maximum absolute atomic E-state index is 5.82. The van der Waals surface area contributed by atoms with Gasteiger partial charge in [0.25, 0.3) is 5.22 Å². The van der Waals surface area contributed by atoms with Gasteiger partial charge in [-0.25, -0.2) is 9.67 Å². The maximum Gasteiger partial charge on any atom is 0.277 e. The van der Waals surface area contributed by atoms with Crippen molar-refractivity contribution < 1.29 is 4.42 Å². The normalized spacial score (nSPS) is 12.2. The van der Waals surface area contributed by atoms with Crippen molar-refractivity contribution in [3.8, 4) is 0 Å². The number of thioether (sulfide) groups is 1. The Labute approximate surface area is 155 Å². The summed E-state index contributed by atoms with van der Waals surface area (Å²) >= 11 is 1.56. The quantitative estimate of drug-likeness (QED) is 0.484. The number of hydrogen-bond donors (Lipinski definition) is 0. The van der Waals surface area contributed by atoms with Crippen LogP contribution in [0, 0.1) is 6.92 Å². The number of aromatic nitrogens is 5. The van der Waals surface area contributed by atoms with Crippen LogP contribution in [0.2, 0.25) is 0 Å². The fourth-order valence-electron chi connectivity index (χ4n) is 2.72. The summed E-state index contributed by atoms with van der Waals surface area (Å²) in [5.74, 6) is 0.509. The lowest BCUT2D eigenvalue weighted by Gasteiger charge is -2.17. The highest BCUT2D eigenvalue weighted by atomic mass is 32.2. The zero-order valence-corrected chi connectivity index (χ0v) is 15.0. The third kappa shape index (κ3) is 3.67. The molecule has 130 valence electrons. The van der Waals surface area contributed by atoms with E-state index in [-0.39, 0.29) is 5.25 Å². The molecule has 2 aromatic carbocycles. The van der Waals surface area contributed by atoms with Crippen LogP contribution in [0.15, 0.2) is 76.9 Å². The van der Waals surface area contributed by atoms with Gasteiger partial charge >= 0.3 is 0 Å². The van der Waals surface area contributed by atoms with Crippen molar-refractivity contribution in [2.75, 3.05) is 0 Å². The second-order valence-corrected chi connectivity index (χ2v) is 6.88. The van der Waals surface area contributed by atoms with Crippen LogP contribution in [0.25, 0.3) is 0 Å². The van der Waals surface area contributed by atoms with Gasteiger partial charge in [0.2, 0.25) is 5.89 Å². The highest BCUT2D eigenvalue weighted by Gasteiger charge is 2.21. The van der Waals surface area contributed by atoms with E-state index >= 15 is 0 Å². The van der Waals surface area contributed by atoms with Gasteiger partial charge < -0.3 is 4.42 Å². The second kappa shape index (κ2) is 7.53. The average molecular weight is 363 g/mol. The highest BCUT2D eigenvalue weighted by Crippen LogP contribution is 2.40. The summed E-state index contributed by atoms with van der Waals surface area (Å²) in [6, 6.07) is 18.7. The summed E-state index contributed by atoms with van der Waals surface area (Å²) in [5.41, 5.74) is 3.67. The second-order valence-electron chi connectivity index (χ2n) is 5.82. The molecule has 26 heavy (non-hydrogen) atoms. The minimum Gasteiger partial charge on any atom is -0.414 e. The first kappa shape index (κ1) is 16.5. The van der Waals surface area contributed by atoms with Gasteiger partial charge in [0.05, 0.1) is 5.25 Å². The lowest BCUT2D eigenvalue weighted by atomic mass is 10.0. The fourth-order valence-corrected chi connectivity index (χ4v) is 3.84. The number of aryl methyl sites for hydroxylation is 1. The largest absolute Gasteiger partial charge is 0.414 e. The van der Waals surface area contributed by atoms with Crippen LogP contribution >= 0.6 is 11.8 Å². The molecule has 0 N–H and O–H groups in total. The van der Waals surface area contributed by atoms with Crippen molar-refractivity contribution in [2.24, 2.45) is 0 Å². The first-order valence-electron chi connectivity index (χ1n) is 8.21. The molecule has 0 aliphatic carbocycles. The van der Waals surface area contributed by atoms with E-state index in [0.717, 1.165) is 0 Å². The predicted molar refractivity (Wildman–Crippen MR) is 98.7 cm³/mol. The van der Waals surface area contributed by atoms with Crippen LogP contribution in [0.3, 0.4) is 0 Å². The molecular formula is C19H17N5OS. The molecule has 4 aromatic rings. The summed E-state index contributed by atoms with van der Waals surface area (Å²) in [6.07, 6.45) is 3.10. The maximum atomic E-state index is 5.82. The summed E-state index contributed by atoms with van der Waals surface area (Å²) in [4.78, 5) is 3.92. The molecule has 1 atom stereocenters. The molecule has 4 rings (SSSR count). The Morgan fingerprint density at radius 1 is 1.04 bits per heavy atom. The zero-order chi connectivity index (χ0) is 17.8. The Bertz CT molecular complexity index is 969. The third-order valence-corrected chi connectivity index (χ3v) is 5.13. The monoisotopic (exact) mass is 363 g/mol. The molecule has 0 fully saturated rings. The summed E-state index contributed by atoms with van der Waals surface area (Å²) in [5, 5.41) is 13.0. The minimum absolute atomic E-state index is 0.0806. The van der Waals surface area contributed by atoms with E-state index < -0.39 is 0 Å². The smallest absolute Gasteiger partial charge is 0.277 e. The van der Waals surface area contributed by atoms with E-state index in [2.05, 4.69) is 63.6 Å². The lowest BCUT2D eigenvalue weighted by Crippen LogP contribution is -2.00. The first-order valence-corrected chi connectivity index (χ1v) is 9.09. The number of hydrogen-bond acceptors (Lipinski definition) is 6. The van der Waals surface area contributed by atoms with Crippen LogP contribution in [0.5, 0.6) is 0 Å². The van der Waals surface area contributed by atoms with E-state index in [1.807, 2.05) is 18.2 Å². The van der Waals surface area contributed by atoms with Crippen molar-refractivity contribution in [3.05, 3.63) is 89.8 Å². The summed E-state index contributed by atoms with van der Waals surface area (Å²) in [7, 11) is 0. The average Bonchev–Trinajstić information content (AvgIpc) is 3.34. The van der Waals surface area contributed by atoms with Gasteiger partial charge in [-0.15, -0.1) is 10.2 Å². The Hall–Kier alpha value is -2.93. The highest BCUT2D eigenvalue weighted by molar-refractivity contribution is 7.99. The minimum atomic E-state index is 0.0806. The van der Waals surface area contributed by atoms with Crippen LogP contribution in [0.1, 0.15) is 27.8 Å². The van der Waals surface area contributed by atoms with Crippen LogP contribution in [-0.4, -0.2) is 25.0 Å². The molecule has 1 unspecified atom stereocenters. The Kier molecular flexibility index (Phi) is 4.79. The molecule has 7 heteroatoms. The standard InChI is InChI=1S/C19H17N5OS/c1-14-7-5-6-10-16(14)18(15-8-3-2-4-9-15)26-19-23-22-17(25-19)11-24-13-20-12-21-24/h2-10,12-13,18H,11H2,1H3. The van der Waals surface area contributed by atoms with Crippen molar-refractivity contribution >= 4 is 11.8 Å². The van der Waals surface area contributed by atoms with Crippen molar-refractivity contribution in [3.63, 3.8) is 0 Å². The molecule has 0 saturated heterocycles. The molecule has 0 bridgehead atoms. The third-order valence-electron chi connectivity index (χ3n) is 4.00. The molecule has 0 spiro atoms. The summed E-state index contributed by atoms with van der Waals surface area (Å²) < 4.78 is 7.47. The predicted octanol–water partition coefficient (Wildman–Crippen LogP) is 3.90. The Morgan fingerprint density at radius 3 is 2.62 bits per heavy atom. The number of rotatable bonds is 6. The van der Waals surface area contributed by atoms with E-state index in [0.29, 0.717) is 17.7 Å². The SMILES string of the molecule is Cc1ccccc1C(Sc1nnc(Cn2cncn2)o1)c1ccccc1. The first-order chi connectivity index (χ1) is 12.8. The number of benzene rings is 2. The molecular weight excluding hydrogens is 346 g/mol. The molecule has 2 aromatic heterocycles. The van der Waals surface area contributed by atoms with Gasteiger partial charge in [0.15, 0.2) is 0 Å². The Balaban J connectivity index is 1.61. The molecule has 0 aliphatic heterocycles. The molecule has 6 nitrogen and oxygen atoms in total. The molecule has 2 heterocycles. The molecule has 0 amide bonds. The summed E-state index contributed by atoms with van der Waals surface area (Å²) in [6.45, 7) is 2.53. The Morgan fingerprint density at radius 2 is 1.85 bits per heavy atom. The van der Waals surface area contributed by atoms with E-state index in [1.165, 1.54) is 23.0 Å². The van der Waals surface area contributed by atoms with Gasteiger partial charge in [0.1, 0.15) is 19.2 Å². The lowest BCUT2D eigenvalue weighted by molar-refractivity contribution is 0.397. The van der Waals surface area contributed by atoms with Crippen LogP contribution in [-0.2, 0) is 6.54 Å². The van der Waals surface area contributed by atoms with E-state index in [4.69, 9.17) is 4.42 Å². The number of nitrogens with zero attached hydrogens (tertiary/aromatic N) is 5. The molecule has 0 aliphatic rings. The molecule has 0 saturated carbocycles. The van der Waals surface area contributed by atoms with E-state index in [1.54, 1.807) is 22.8 Å². The van der Waals surface area contributed by atoms with Gasteiger partial charge in [-0.2, -0.15) is 5.10 Å². The van der Waals surface area contributed by atoms with Crippen molar-refractivity contribution in [1.29, 1.82) is 0 Å². The molecule has 0 radical (unpaired) electrons. The van der Waals surface area contributed by atoms with Crippen LogP contribution in [0.4, 0.5) is 0 Å². The topological polar surface area (TPSA) is 69.6 Å². The van der Waals surface area contributed by atoms with Gasteiger partial charge in [-0.1, -0.05) is 66.4 Å². The van der Waals surface area contributed by atoms with Gasteiger partial charge in [-0.05, 0) is 23.6 Å². The zero-order valence-electron chi connectivity index (χ0n) is 14.2. The van der Waals surface area contributed by atoms with Crippen molar-refractivity contribution in [2.45, 2.75) is 23.9 Å².